The molecule has 3 heterocycles. The molecule has 1 aromatic carbocycles. The summed E-state index contributed by atoms with van der Waals surface area (Å²) >= 11 is 0. The number of hydrogen-bond donors (Lipinski definition) is 1. The van der Waals surface area contributed by atoms with Crippen LogP contribution in [-0.4, -0.2) is 60.9 Å². The van der Waals surface area contributed by atoms with Crippen molar-refractivity contribution < 1.29 is 16.8 Å². The van der Waals surface area contributed by atoms with Crippen molar-refractivity contribution in [3.05, 3.63) is 91.8 Å². The quantitative estimate of drug-likeness (QED) is 0.569. The first-order chi connectivity index (χ1) is 17.2. The maximum absolute atomic E-state index is 14.4. The summed E-state index contributed by atoms with van der Waals surface area (Å²) in [5.74, 6) is 0.0932. The van der Waals surface area contributed by atoms with E-state index in [9.17, 15) is 16.8 Å². The first-order valence-corrected chi connectivity index (χ1v) is 13.8. The molecular formula is C24H24N6O4S2. The summed E-state index contributed by atoms with van der Waals surface area (Å²) in [5.41, 5.74) is 0.359. The average Bonchev–Trinajstić information content (AvgIpc) is 3.25. The molecule has 1 aromatic rings. The topological polar surface area (TPSA) is 136 Å². The molecule has 0 radical (unpaired) electrons. The van der Waals surface area contributed by atoms with E-state index >= 15 is 0 Å². The minimum atomic E-state index is -4.95. The van der Waals surface area contributed by atoms with Gasteiger partial charge in [-0.05, 0) is 31.2 Å². The van der Waals surface area contributed by atoms with Gasteiger partial charge in [0, 0.05) is 17.6 Å². The van der Waals surface area contributed by atoms with Crippen LogP contribution in [-0.2, 0) is 19.7 Å². The van der Waals surface area contributed by atoms with Gasteiger partial charge in [0.15, 0.2) is 21.8 Å². The van der Waals surface area contributed by atoms with E-state index in [4.69, 9.17) is 5.41 Å². The number of nitrogens with zero attached hydrogens (tertiary/aromatic N) is 5. The van der Waals surface area contributed by atoms with Gasteiger partial charge in [-0.25, -0.2) is 21.8 Å². The van der Waals surface area contributed by atoms with Crippen LogP contribution in [0, 0.1) is 5.41 Å². The Morgan fingerprint density at radius 3 is 2.33 bits per heavy atom. The molecule has 10 nitrogen and oxygen atoms in total. The van der Waals surface area contributed by atoms with Gasteiger partial charge in [-0.3, -0.25) is 25.2 Å². The third-order valence-corrected chi connectivity index (χ3v) is 10.7. The average molecular weight is 525 g/mol. The number of benzene rings is 1. The lowest BCUT2D eigenvalue weighted by Gasteiger charge is -2.37. The summed E-state index contributed by atoms with van der Waals surface area (Å²) < 4.78 is 54.2. The van der Waals surface area contributed by atoms with E-state index in [-0.39, 0.29) is 36.1 Å². The van der Waals surface area contributed by atoms with E-state index in [0.29, 0.717) is 0 Å². The van der Waals surface area contributed by atoms with Crippen molar-refractivity contribution in [2.75, 3.05) is 18.0 Å². The first kappa shape index (κ1) is 25.2. The van der Waals surface area contributed by atoms with Crippen molar-refractivity contribution in [1.29, 1.82) is 5.41 Å². The molecule has 0 aliphatic carbocycles. The molecule has 4 rings (SSSR count). The number of allylic oxidation sites excluding steroid dienone is 6. The standard InChI is InChI=1S/C24H24N6O4S2/c1-4-7-9-12-18(6-3)29-21-22(27-17-16-26-21)30(19-13-10-8-11-14-19)24(29)35(31,32)20(25)23(28-15-5-2)36(24,33)34/h4-15,25H,1,3,16-17H2,2H3/b9-7-,15-5-,18-12+,25-20?,28-23+. The van der Waals surface area contributed by atoms with Crippen LogP contribution in [0.4, 0.5) is 5.69 Å². The highest BCUT2D eigenvalue weighted by molar-refractivity contribution is 8.33. The largest absolute Gasteiger partial charge is 0.344 e. The van der Waals surface area contributed by atoms with Crippen molar-refractivity contribution in [3.63, 3.8) is 0 Å². The lowest BCUT2D eigenvalue weighted by atomic mass is 10.3. The maximum atomic E-state index is 14.4. The number of para-hydroxylation sites is 1. The molecule has 0 amide bonds. The fraction of sp³-hybridized carbons (Fsp3) is 0.167. The van der Waals surface area contributed by atoms with Crippen LogP contribution in [0.25, 0.3) is 0 Å². The first-order valence-electron chi connectivity index (χ1n) is 10.9. The van der Waals surface area contributed by atoms with E-state index in [1.807, 2.05) is 0 Å². The Morgan fingerprint density at radius 1 is 1.06 bits per heavy atom. The SMILES string of the molecule is C=C/C=C\C=C(/C=C)N1C2=NCCN=C2N(c2ccccc2)C12S(=O)(=O)C(=N)/C(=N\C=C/C)S2(=O)=O. The minimum Gasteiger partial charge on any atom is -0.287 e. The summed E-state index contributed by atoms with van der Waals surface area (Å²) in [6.45, 7) is 9.45. The molecule has 0 bridgehead atoms. The molecule has 3 aliphatic rings. The Morgan fingerprint density at radius 2 is 1.72 bits per heavy atom. The van der Waals surface area contributed by atoms with Crippen molar-refractivity contribution in [2.45, 2.75) is 11.3 Å². The van der Waals surface area contributed by atoms with Gasteiger partial charge in [-0.1, -0.05) is 55.7 Å². The zero-order valence-corrected chi connectivity index (χ0v) is 21.1. The molecule has 0 saturated carbocycles. The van der Waals surface area contributed by atoms with Crippen molar-refractivity contribution >= 4 is 47.1 Å². The molecule has 2 fully saturated rings. The molecule has 36 heavy (non-hydrogen) atoms. The molecule has 1 spiro atoms. The number of aliphatic imine (C=N–C) groups is 3. The number of anilines is 1. The Kier molecular flexibility index (Phi) is 6.50. The second-order valence-electron chi connectivity index (χ2n) is 7.63. The monoisotopic (exact) mass is 524 g/mol. The molecule has 0 aromatic heterocycles. The molecule has 1 N–H and O–H groups in total. The van der Waals surface area contributed by atoms with Crippen LogP contribution >= 0.6 is 0 Å². The maximum Gasteiger partial charge on any atom is 0.344 e. The molecule has 186 valence electrons. The van der Waals surface area contributed by atoms with Gasteiger partial charge in [0.2, 0.25) is 0 Å². The lowest BCUT2D eigenvalue weighted by Crippen LogP contribution is -2.62. The van der Waals surface area contributed by atoms with Gasteiger partial charge in [-0.15, -0.1) is 0 Å². The molecule has 3 aliphatic heterocycles. The highest BCUT2D eigenvalue weighted by Crippen LogP contribution is 2.50. The molecule has 12 heteroatoms. The van der Waals surface area contributed by atoms with Gasteiger partial charge in [-0.2, -0.15) is 0 Å². The number of hydrogen-bond acceptors (Lipinski definition) is 10. The summed E-state index contributed by atoms with van der Waals surface area (Å²) in [6.07, 6.45) is 10.1. The van der Waals surface area contributed by atoms with E-state index in [2.05, 4.69) is 28.1 Å². The van der Waals surface area contributed by atoms with Crippen LogP contribution in [0.1, 0.15) is 6.92 Å². The molecular weight excluding hydrogens is 500 g/mol. The highest BCUT2D eigenvalue weighted by atomic mass is 32.3. The van der Waals surface area contributed by atoms with Crippen molar-refractivity contribution in [1.82, 2.24) is 4.90 Å². The number of rotatable bonds is 6. The second kappa shape index (κ2) is 9.28. The van der Waals surface area contributed by atoms with Gasteiger partial charge in [0.05, 0.1) is 13.1 Å². The Bertz CT molecular complexity index is 1530. The van der Waals surface area contributed by atoms with Crippen LogP contribution < -0.4 is 4.90 Å². The van der Waals surface area contributed by atoms with Crippen molar-refractivity contribution in [3.8, 4) is 0 Å². The van der Waals surface area contributed by atoms with E-state index < -0.39 is 34.1 Å². The zero-order chi connectivity index (χ0) is 26.1. The summed E-state index contributed by atoms with van der Waals surface area (Å²) in [6, 6.07) is 8.17. The van der Waals surface area contributed by atoms with Crippen LogP contribution in [0.3, 0.4) is 0 Å². The van der Waals surface area contributed by atoms with Crippen molar-refractivity contribution in [2.24, 2.45) is 15.0 Å². The summed E-state index contributed by atoms with van der Waals surface area (Å²) in [7, 11) is -9.86. The smallest absolute Gasteiger partial charge is 0.287 e. The lowest BCUT2D eigenvalue weighted by molar-refractivity contribution is 0.434. The number of sulfone groups is 2. The van der Waals surface area contributed by atoms with Gasteiger partial charge >= 0.3 is 4.33 Å². The normalized spacial score (nSPS) is 26.1. The zero-order valence-electron chi connectivity index (χ0n) is 19.4. The number of amidine groups is 2. The van der Waals surface area contributed by atoms with Gasteiger partial charge in [0.25, 0.3) is 19.7 Å². The second-order valence-corrected chi connectivity index (χ2v) is 11.8. The van der Waals surface area contributed by atoms with Crippen LogP contribution in [0.15, 0.2) is 107 Å². The van der Waals surface area contributed by atoms with Gasteiger partial charge in [0.1, 0.15) is 0 Å². The fourth-order valence-corrected chi connectivity index (χ4v) is 9.44. The molecule has 1 unspecified atom stereocenters. The fourth-order valence-electron chi connectivity index (χ4n) is 4.17. The summed E-state index contributed by atoms with van der Waals surface area (Å²) in [5, 5.41) is 6.49. The third-order valence-electron chi connectivity index (χ3n) is 5.57. The highest BCUT2D eigenvalue weighted by Gasteiger charge is 2.79. The Hall–Kier alpha value is -3.90. The molecule has 2 saturated heterocycles. The number of nitrogens with one attached hydrogen (secondary N) is 1. The molecule has 1 atom stereocenters. The predicted molar refractivity (Wildman–Crippen MR) is 144 cm³/mol. The van der Waals surface area contributed by atoms with E-state index in [0.717, 1.165) is 16.0 Å². The minimum absolute atomic E-state index is 0.0375. The van der Waals surface area contributed by atoms with Crippen LogP contribution in [0.5, 0.6) is 0 Å². The van der Waals surface area contributed by atoms with Crippen LogP contribution in [0.2, 0.25) is 0 Å². The predicted octanol–water partition coefficient (Wildman–Crippen LogP) is 2.80. The van der Waals surface area contributed by atoms with Gasteiger partial charge < -0.3 is 0 Å². The van der Waals surface area contributed by atoms with E-state index in [1.54, 1.807) is 49.4 Å². The number of fused-ring (bicyclic) bond motifs is 1. The Balaban J connectivity index is 2.23. The summed E-state index contributed by atoms with van der Waals surface area (Å²) in [4.78, 5) is 15.1. The van der Waals surface area contributed by atoms with E-state index in [1.165, 1.54) is 24.3 Å². The third kappa shape index (κ3) is 3.28. The Labute approximate surface area is 210 Å².